The fourth-order valence-corrected chi connectivity index (χ4v) is 3.15. The molecule has 0 bridgehead atoms. The van der Waals surface area contributed by atoms with Gasteiger partial charge in [0.25, 0.3) is 0 Å². The highest BCUT2D eigenvalue weighted by Gasteiger charge is 2.26. The molecule has 1 heterocycles. The SMILES string of the molecule is NC(=O)N(CC1CCNCC1)C1CCCCC1. The van der Waals surface area contributed by atoms with Crippen molar-refractivity contribution in [1.29, 1.82) is 0 Å². The Bertz CT molecular complexity index is 245. The Morgan fingerprint density at radius 1 is 1.12 bits per heavy atom. The maximum Gasteiger partial charge on any atom is 0.315 e. The van der Waals surface area contributed by atoms with Gasteiger partial charge < -0.3 is 16.0 Å². The van der Waals surface area contributed by atoms with Crippen molar-refractivity contribution in [3.8, 4) is 0 Å². The largest absolute Gasteiger partial charge is 0.351 e. The monoisotopic (exact) mass is 239 g/mol. The summed E-state index contributed by atoms with van der Waals surface area (Å²) >= 11 is 0. The predicted molar refractivity (Wildman–Crippen MR) is 68.8 cm³/mol. The van der Waals surface area contributed by atoms with Crippen molar-refractivity contribution < 1.29 is 4.79 Å². The summed E-state index contributed by atoms with van der Waals surface area (Å²) in [5, 5.41) is 3.36. The topological polar surface area (TPSA) is 58.4 Å². The minimum atomic E-state index is -0.213. The number of carbonyl (C=O) groups excluding carboxylic acids is 1. The fourth-order valence-electron chi connectivity index (χ4n) is 3.15. The van der Waals surface area contributed by atoms with Crippen molar-refractivity contribution in [2.75, 3.05) is 19.6 Å². The van der Waals surface area contributed by atoms with Gasteiger partial charge in [0.05, 0.1) is 0 Å². The third-order valence-corrected chi connectivity index (χ3v) is 4.21. The molecule has 98 valence electrons. The lowest BCUT2D eigenvalue weighted by molar-refractivity contribution is 0.141. The molecular formula is C13H25N3O. The van der Waals surface area contributed by atoms with E-state index in [4.69, 9.17) is 5.73 Å². The molecule has 0 aromatic carbocycles. The van der Waals surface area contributed by atoms with Gasteiger partial charge in [-0.1, -0.05) is 19.3 Å². The lowest BCUT2D eigenvalue weighted by Crippen LogP contribution is -2.48. The molecule has 1 aliphatic heterocycles. The smallest absolute Gasteiger partial charge is 0.315 e. The van der Waals surface area contributed by atoms with Crippen LogP contribution in [0.5, 0.6) is 0 Å². The van der Waals surface area contributed by atoms with Crippen LogP contribution >= 0.6 is 0 Å². The van der Waals surface area contributed by atoms with Gasteiger partial charge in [-0.25, -0.2) is 4.79 Å². The average molecular weight is 239 g/mol. The Labute approximate surface area is 104 Å². The molecule has 0 aromatic rings. The number of nitrogens with two attached hydrogens (primary N) is 1. The van der Waals surface area contributed by atoms with E-state index in [1.54, 1.807) is 0 Å². The Kier molecular flexibility index (Phi) is 4.66. The Morgan fingerprint density at radius 3 is 2.35 bits per heavy atom. The van der Waals surface area contributed by atoms with Crippen molar-refractivity contribution in [3.63, 3.8) is 0 Å². The highest BCUT2D eigenvalue weighted by Crippen LogP contribution is 2.24. The van der Waals surface area contributed by atoms with E-state index in [1.807, 2.05) is 4.90 Å². The summed E-state index contributed by atoms with van der Waals surface area (Å²) in [6.45, 7) is 3.05. The summed E-state index contributed by atoms with van der Waals surface area (Å²) in [6, 6.07) is 0.201. The second-order valence-electron chi connectivity index (χ2n) is 5.48. The molecule has 2 rings (SSSR count). The zero-order chi connectivity index (χ0) is 12.1. The number of piperidine rings is 1. The predicted octanol–water partition coefficient (Wildman–Crippen LogP) is 1.70. The number of hydrogen-bond donors (Lipinski definition) is 2. The zero-order valence-electron chi connectivity index (χ0n) is 10.7. The van der Waals surface area contributed by atoms with Crippen molar-refractivity contribution >= 4 is 6.03 Å². The third kappa shape index (κ3) is 3.60. The first-order valence-electron chi connectivity index (χ1n) is 7.04. The number of hydrogen-bond acceptors (Lipinski definition) is 2. The Hall–Kier alpha value is -0.770. The number of rotatable bonds is 3. The first kappa shape index (κ1) is 12.7. The van der Waals surface area contributed by atoms with Crippen LogP contribution in [0.2, 0.25) is 0 Å². The van der Waals surface area contributed by atoms with Gasteiger partial charge in [0.2, 0.25) is 0 Å². The fraction of sp³-hybridized carbons (Fsp3) is 0.923. The maximum atomic E-state index is 11.6. The molecule has 0 atom stereocenters. The van der Waals surface area contributed by atoms with Crippen molar-refractivity contribution in [2.24, 2.45) is 11.7 Å². The number of amides is 2. The molecule has 2 fully saturated rings. The molecule has 0 aromatic heterocycles. The van der Waals surface area contributed by atoms with E-state index in [9.17, 15) is 4.79 Å². The van der Waals surface area contributed by atoms with Crippen LogP contribution in [0.15, 0.2) is 0 Å². The molecule has 0 spiro atoms. The molecule has 1 saturated carbocycles. The van der Waals surface area contributed by atoms with Gasteiger partial charge in [-0.15, -0.1) is 0 Å². The summed E-state index contributed by atoms with van der Waals surface area (Å²) in [6.07, 6.45) is 8.46. The third-order valence-electron chi connectivity index (χ3n) is 4.21. The minimum absolute atomic E-state index is 0.213. The average Bonchev–Trinajstić information content (AvgIpc) is 2.38. The molecule has 2 aliphatic rings. The van der Waals surface area contributed by atoms with Crippen LogP contribution in [0.25, 0.3) is 0 Å². The van der Waals surface area contributed by atoms with E-state index in [2.05, 4.69) is 5.32 Å². The van der Waals surface area contributed by atoms with E-state index in [-0.39, 0.29) is 6.03 Å². The van der Waals surface area contributed by atoms with Gasteiger partial charge >= 0.3 is 6.03 Å². The second kappa shape index (κ2) is 6.24. The van der Waals surface area contributed by atoms with Crippen LogP contribution in [0.1, 0.15) is 44.9 Å². The van der Waals surface area contributed by atoms with E-state index < -0.39 is 0 Å². The summed E-state index contributed by atoms with van der Waals surface area (Å²) in [4.78, 5) is 13.6. The van der Waals surface area contributed by atoms with Crippen LogP contribution in [-0.4, -0.2) is 36.6 Å². The van der Waals surface area contributed by atoms with Crippen LogP contribution in [-0.2, 0) is 0 Å². The number of primary amides is 1. The first-order chi connectivity index (χ1) is 8.27. The highest BCUT2D eigenvalue weighted by atomic mass is 16.2. The van der Waals surface area contributed by atoms with Gasteiger partial charge in [0, 0.05) is 12.6 Å². The maximum absolute atomic E-state index is 11.6. The zero-order valence-corrected chi connectivity index (χ0v) is 10.7. The van der Waals surface area contributed by atoms with E-state index in [0.29, 0.717) is 12.0 Å². The molecule has 1 aliphatic carbocycles. The number of nitrogens with zero attached hydrogens (tertiary/aromatic N) is 1. The molecule has 4 heteroatoms. The lowest BCUT2D eigenvalue weighted by atomic mass is 9.92. The van der Waals surface area contributed by atoms with Gasteiger partial charge in [0.15, 0.2) is 0 Å². The minimum Gasteiger partial charge on any atom is -0.351 e. The quantitative estimate of drug-likeness (QED) is 0.787. The molecule has 2 amide bonds. The molecule has 0 radical (unpaired) electrons. The first-order valence-corrected chi connectivity index (χ1v) is 7.04. The number of urea groups is 1. The van der Waals surface area contributed by atoms with E-state index in [1.165, 1.54) is 32.1 Å². The van der Waals surface area contributed by atoms with Crippen LogP contribution in [0, 0.1) is 5.92 Å². The van der Waals surface area contributed by atoms with E-state index >= 15 is 0 Å². The van der Waals surface area contributed by atoms with Crippen LogP contribution in [0.3, 0.4) is 0 Å². The molecule has 4 nitrogen and oxygen atoms in total. The Balaban J connectivity index is 1.88. The molecule has 3 N–H and O–H groups in total. The second-order valence-corrected chi connectivity index (χ2v) is 5.48. The van der Waals surface area contributed by atoms with Crippen molar-refractivity contribution in [1.82, 2.24) is 10.2 Å². The molecule has 1 saturated heterocycles. The van der Waals surface area contributed by atoms with Crippen molar-refractivity contribution in [3.05, 3.63) is 0 Å². The Morgan fingerprint density at radius 2 is 1.76 bits per heavy atom. The summed E-state index contributed by atoms with van der Waals surface area (Å²) in [7, 11) is 0. The van der Waals surface area contributed by atoms with Gasteiger partial charge in [0.1, 0.15) is 0 Å². The molecular weight excluding hydrogens is 214 g/mol. The number of nitrogens with one attached hydrogen (secondary N) is 1. The standard InChI is InChI=1S/C13H25N3O/c14-13(17)16(12-4-2-1-3-5-12)10-11-6-8-15-9-7-11/h11-12,15H,1-10H2,(H2,14,17). The van der Waals surface area contributed by atoms with Gasteiger partial charge in [-0.3, -0.25) is 0 Å². The van der Waals surface area contributed by atoms with E-state index in [0.717, 1.165) is 32.5 Å². The normalized spacial score (nSPS) is 23.5. The van der Waals surface area contributed by atoms with Crippen molar-refractivity contribution in [2.45, 2.75) is 51.0 Å². The molecule has 0 unspecified atom stereocenters. The van der Waals surface area contributed by atoms with Crippen LogP contribution < -0.4 is 11.1 Å². The summed E-state index contributed by atoms with van der Waals surface area (Å²) < 4.78 is 0. The van der Waals surface area contributed by atoms with Crippen LogP contribution in [0.4, 0.5) is 4.79 Å². The molecule has 17 heavy (non-hydrogen) atoms. The summed E-state index contributed by atoms with van der Waals surface area (Å²) in [5.74, 6) is 0.644. The lowest BCUT2D eigenvalue weighted by Gasteiger charge is -2.36. The van der Waals surface area contributed by atoms with Gasteiger partial charge in [-0.2, -0.15) is 0 Å². The van der Waals surface area contributed by atoms with Gasteiger partial charge in [-0.05, 0) is 44.7 Å². The number of carbonyl (C=O) groups is 1. The summed E-state index contributed by atoms with van der Waals surface area (Å²) in [5.41, 5.74) is 5.56. The highest BCUT2D eigenvalue weighted by molar-refractivity contribution is 5.72.